The summed E-state index contributed by atoms with van der Waals surface area (Å²) in [5.74, 6) is 6.80. The molecule has 0 amide bonds. The van der Waals surface area contributed by atoms with Gasteiger partial charge in [-0.1, -0.05) is 13.8 Å². The zero-order valence-corrected chi connectivity index (χ0v) is 33.5. The zero-order valence-electron chi connectivity index (χ0n) is 33.5. The topological polar surface area (TPSA) is 124 Å². The largest absolute Gasteiger partial charge is 0.462 e. The molecule has 8 aliphatic carbocycles. The van der Waals surface area contributed by atoms with Gasteiger partial charge in [-0.3, -0.25) is 19.2 Å². The summed E-state index contributed by atoms with van der Waals surface area (Å²) in [6.07, 6.45) is 10.3. The molecular formula is C43H66O10. The molecule has 0 saturated heterocycles. The molecule has 8 bridgehead atoms. The van der Waals surface area contributed by atoms with Gasteiger partial charge in [0.1, 0.15) is 12.2 Å². The Bertz CT molecular complexity index is 1390. The molecule has 8 rings (SSSR count). The Morgan fingerprint density at radius 1 is 0.528 bits per heavy atom. The predicted octanol–water partition coefficient (Wildman–Crippen LogP) is 7.21. The normalized spacial score (nSPS) is 42.2. The molecule has 8 fully saturated rings. The summed E-state index contributed by atoms with van der Waals surface area (Å²) in [7, 11) is 1.54. The Kier molecular flexibility index (Phi) is 11.1. The van der Waals surface area contributed by atoms with Gasteiger partial charge in [-0.05, 0) is 170 Å². The second-order valence-electron chi connectivity index (χ2n) is 19.4. The number of fused-ring (bicyclic) bond motifs is 18. The van der Waals surface area contributed by atoms with E-state index in [0.717, 1.165) is 51.4 Å². The summed E-state index contributed by atoms with van der Waals surface area (Å²) in [6, 6.07) is 0. The van der Waals surface area contributed by atoms with Crippen LogP contribution in [0.25, 0.3) is 0 Å². The summed E-state index contributed by atoms with van der Waals surface area (Å²) in [5.41, 5.74) is -0.794. The van der Waals surface area contributed by atoms with Crippen molar-refractivity contribution in [2.75, 3.05) is 27.3 Å². The lowest BCUT2D eigenvalue weighted by atomic mass is 9.67. The smallest absolute Gasteiger partial charge is 0.311 e. The minimum absolute atomic E-state index is 0.0420. The molecule has 10 heteroatoms. The van der Waals surface area contributed by atoms with Crippen LogP contribution in [-0.4, -0.2) is 63.4 Å². The lowest BCUT2D eigenvalue weighted by Gasteiger charge is -2.41. The highest BCUT2D eigenvalue weighted by Gasteiger charge is 2.68. The first-order valence-corrected chi connectivity index (χ1v) is 21.1. The predicted molar refractivity (Wildman–Crippen MR) is 194 cm³/mol. The van der Waals surface area contributed by atoms with Crippen LogP contribution in [0.2, 0.25) is 0 Å². The average Bonchev–Trinajstić information content (AvgIpc) is 4.00. The third kappa shape index (κ3) is 6.86. The SMILES string of the molecule is CCC(C)(C)C(=O)OC1CC2CC1C1C3CC(C(=O)OCOC)C(C3)C21.CCOCOC(=O)C1CC2CC1C1C3CC(OC(=O)C(C)(C)CC)C(C3)C21. The lowest BCUT2D eigenvalue weighted by molar-refractivity contribution is -0.168. The van der Waals surface area contributed by atoms with Crippen molar-refractivity contribution in [1.82, 2.24) is 0 Å². The van der Waals surface area contributed by atoms with Crippen molar-refractivity contribution < 1.29 is 47.6 Å². The van der Waals surface area contributed by atoms with Crippen molar-refractivity contribution in [3.8, 4) is 0 Å². The minimum atomic E-state index is -0.397. The van der Waals surface area contributed by atoms with E-state index in [1.54, 1.807) is 7.11 Å². The van der Waals surface area contributed by atoms with Crippen LogP contribution in [-0.2, 0) is 47.6 Å². The first-order chi connectivity index (χ1) is 25.2. The average molecular weight is 743 g/mol. The molecule has 0 aromatic heterocycles. The number of rotatable bonds is 13. The first-order valence-electron chi connectivity index (χ1n) is 21.1. The van der Waals surface area contributed by atoms with Crippen LogP contribution < -0.4 is 0 Å². The van der Waals surface area contributed by atoms with Gasteiger partial charge in [0.15, 0.2) is 13.6 Å². The van der Waals surface area contributed by atoms with Gasteiger partial charge in [-0.25, -0.2) is 0 Å². The molecule has 0 N–H and O–H groups in total. The van der Waals surface area contributed by atoms with Crippen LogP contribution in [0.15, 0.2) is 0 Å². The second-order valence-corrected chi connectivity index (χ2v) is 19.4. The standard InChI is InChI=1S/C22H34O5.C21H32O5/c1-5-22(3,4)21(24)27-17-10-13-9-16(17)19-12-7-14(18(13)19)15(8-12)20(23)26-11-25-6-2;1-5-21(2,3)20(23)26-16-9-12-8-15(16)18-11-6-13(17(12)18)14(7-11)19(22)25-10-24-4/h12-19H,5-11H2,1-4H3;11-18H,5-10H2,1-4H3. The summed E-state index contributed by atoms with van der Waals surface area (Å²) in [4.78, 5) is 49.9. The first kappa shape index (κ1) is 39.1. The Balaban J connectivity index is 0.000000164. The van der Waals surface area contributed by atoms with Gasteiger partial charge < -0.3 is 28.4 Å². The highest BCUT2D eigenvalue weighted by molar-refractivity contribution is 5.77. The fourth-order valence-electron chi connectivity index (χ4n) is 13.3. The van der Waals surface area contributed by atoms with E-state index in [2.05, 4.69) is 0 Å². The second kappa shape index (κ2) is 15.0. The van der Waals surface area contributed by atoms with Crippen LogP contribution in [0.5, 0.6) is 0 Å². The summed E-state index contributed by atoms with van der Waals surface area (Å²) < 4.78 is 32.7. The van der Waals surface area contributed by atoms with E-state index in [0.29, 0.717) is 77.6 Å². The highest BCUT2D eigenvalue weighted by Crippen LogP contribution is 2.70. The quantitative estimate of drug-likeness (QED) is 0.0629. The summed E-state index contributed by atoms with van der Waals surface area (Å²) in [6.45, 7) is 14.6. The maximum atomic E-state index is 12.6. The molecule has 16 unspecified atom stereocenters. The lowest BCUT2D eigenvalue weighted by Crippen LogP contribution is -2.42. The van der Waals surface area contributed by atoms with E-state index < -0.39 is 10.8 Å². The van der Waals surface area contributed by atoms with Crippen LogP contribution in [0, 0.1) is 93.7 Å². The van der Waals surface area contributed by atoms with E-state index in [4.69, 9.17) is 28.4 Å². The molecule has 298 valence electrons. The van der Waals surface area contributed by atoms with E-state index >= 15 is 0 Å². The maximum Gasteiger partial charge on any atom is 0.311 e. The van der Waals surface area contributed by atoms with Gasteiger partial charge in [-0.15, -0.1) is 0 Å². The monoisotopic (exact) mass is 742 g/mol. The third-order valence-corrected chi connectivity index (χ3v) is 16.3. The van der Waals surface area contributed by atoms with Crippen molar-refractivity contribution >= 4 is 23.9 Å². The van der Waals surface area contributed by atoms with Gasteiger partial charge in [0.05, 0.1) is 22.7 Å². The number of methoxy groups -OCH3 is 1. The van der Waals surface area contributed by atoms with Crippen molar-refractivity contribution in [2.45, 2.75) is 125 Å². The van der Waals surface area contributed by atoms with E-state index in [1.165, 1.54) is 12.8 Å². The summed E-state index contributed by atoms with van der Waals surface area (Å²) in [5, 5.41) is 0. The van der Waals surface area contributed by atoms with E-state index in [-0.39, 0.29) is 61.5 Å². The number of hydrogen-bond donors (Lipinski definition) is 0. The maximum absolute atomic E-state index is 12.6. The molecule has 0 radical (unpaired) electrons. The molecule has 16 atom stereocenters. The van der Waals surface area contributed by atoms with Gasteiger partial charge >= 0.3 is 23.9 Å². The Morgan fingerprint density at radius 3 is 1.30 bits per heavy atom. The number of carbonyl (C=O) groups is 4. The highest BCUT2D eigenvalue weighted by atomic mass is 16.7. The number of hydrogen-bond acceptors (Lipinski definition) is 10. The van der Waals surface area contributed by atoms with Crippen molar-refractivity contribution in [1.29, 1.82) is 0 Å². The van der Waals surface area contributed by atoms with Crippen LogP contribution in [0.1, 0.15) is 113 Å². The molecule has 53 heavy (non-hydrogen) atoms. The molecule has 10 nitrogen and oxygen atoms in total. The number of esters is 4. The minimum Gasteiger partial charge on any atom is -0.462 e. The molecule has 0 aliphatic heterocycles. The number of ether oxygens (including phenoxy) is 6. The molecule has 8 saturated carbocycles. The van der Waals surface area contributed by atoms with Crippen molar-refractivity contribution in [3.05, 3.63) is 0 Å². The van der Waals surface area contributed by atoms with Crippen LogP contribution in [0.3, 0.4) is 0 Å². The fraction of sp³-hybridized carbons (Fsp3) is 0.907. The molecule has 0 heterocycles. The van der Waals surface area contributed by atoms with E-state index in [1.807, 2.05) is 48.5 Å². The van der Waals surface area contributed by atoms with Gasteiger partial charge in [0, 0.05) is 13.7 Å². The van der Waals surface area contributed by atoms with Crippen LogP contribution in [0.4, 0.5) is 0 Å². The van der Waals surface area contributed by atoms with Gasteiger partial charge in [0.2, 0.25) is 0 Å². The molecule has 0 aromatic rings. The van der Waals surface area contributed by atoms with Crippen LogP contribution >= 0.6 is 0 Å². The summed E-state index contributed by atoms with van der Waals surface area (Å²) >= 11 is 0. The molecule has 0 spiro atoms. The number of carbonyl (C=O) groups excluding carboxylic acids is 4. The van der Waals surface area contributed by atoms with Gasteiger partial charge in [-0.2, -0.15) is 0 Å². The molecule has 0 aromatic carbocycles. The third-order valence-electron chi connectivity index (χ3n) is 16.3. The fourth-order valence-corrected chi connectivity index (χ4v) is 13.3. The van der Waals surface area contributed by atoms with Crippen molar-refractivity contribution in [3.63, 3.8) is 0 Å². The molecule has 8 aliphatic rings. The zero-order chi connectivity index (χ0) is 38.0. The van der Waals surface area contributed by atoms with Gasteiger partial charge in [0.25, 0.3) is 0 Å². The van der Waals surface area contributed by atoms with Crippen molar-refractivity contribution in [2.24, 2.45) is 93.7 Å². The Labute approximate surface area is 316 Å². The molecular weight excluding hydrogens is 676 g/mol. The van der Waals surface area contributed by atoms with E-state index in [9.17, 15) is 19.2 Å². The Hall–Kier alpha value is -2.20. The Morgan fingerprint density at radius 2 is 0.906 bits per heavy atom.